The molecule has 6 rings (SSSR count). The maximum absolute atomic E-state index is 17.0. The number of rotatable bonds is 0. The van der Waals surface area contributed by atoms with Crippen molar-refractivity contribution >= 4 is 0 Å². The molecule has 2 atom stereocenters. The van der Waals surface area contributed by atoms with Crippen molar-refractivity contribution in [3.8, 4) is 0 Å². The van der Waals surface area contributed by atoms with Gasteiger partial charge in [-0.15, -0.1) is 0 Å². The molecule has 0 N–H and O–H groups in total. The SMILES string of the molecule is CC12C3c4ccccc4C1c1ccccc1C2(F)c1ccccc13. The molecule has 0 nitrogen and oxygen atoms in total. The Labute approximate surface area is 141 Å². The topological polar surface area (TPSA) is 0 Å². The summed E-state index contributed by atoms with van der Waals surface area (Å²) in [5.41, 5.74) is 4.85. The monoisotopic (exact) mass is 312 g/mol. The van der Waals surface area contributed by atoms with Crippen LogP contribution in [0.2, 0.25) is 0 Å². The third-order valence-corrected chi connectivity index (χ3v) is 6.85. The van der Waals surface area contributed by atoms with Crippen LogP contribution in [0.1, 0.15) is 52.1 Å². The molecule has 3 aliphatic rings. The normalized spacial score (nSPS) is 33.8. The van der Waals surface area contributed by atoms with E-state index < -0.39 is 11.1 Å². The molecule has 0 amide bonds. The molecule has 0 heterocycles. The highest BCUT2D eigenvalue weighted by atomic mass is 19.1. The van der Waals surface area contributed by atoms with Gasteiger partial charge in [0.15, 0.2) is 5.67 Å². The van der Waals surface area contributed by atoms with E-state index in [4.69, 9.17) is 0 Å². The number of hydrogen-bond acceptors (Lipinski definition) is 0. The Morgan fingerprint density at radius 3 is 1.46 bits per heavy atom. The van der Waals surface area contributed by atoms with Crippen LogP contribution in [0.3, 0.4) is 0 Å². The minimum Gasteiger partial charge on any atom is -0.233 e. The van der Waals surface area contributed by atoms with Gasteiger partial charge in [0, 0.05) is 17.3 Å². The molecule has 0 saturated heterocycles. The highest BCUT2D eigenvalue weighted by Crippen LogP contribution is 2.78. The molecular formula is C23H17F. The zero-order valence-corrected chi connectivity index (χ0v) is 13.5. The second kappa shape index (κ2) is 3.80. The molecule has 3 aliphatic carbocycles. The van der Waals surface area contributed by atoms with Crippen LogP contribution in [0.5, 0.6) is 0 Å². The lowest BCUT2D eigenvalue weighted by atomic mass is 9.69. The summed E-state index contributed by atoms with van der Waals surface area (Å²) in [6, 6.07) is 24.9. The van der Waals surface area contributed by atoms with E-state index in [0.717, 1.165) is 11.1 Å². The Morgan fingerprint density at radius 1 is 0.625 bits per heavy atom. The third-order valence-electron chi connectivity index (χ3n) is 6.85. The van der Waals surface area contributed by atoms with Gasteiger partial charge in [0.1, 0.15) is 0 Å². The molecule has 0 aromatic heterocycles. The van der Waals surface area contributed by atoms with Gasteiger partial charge in [0.2, 0.25) is 0 Å². The molecular weight excluding hydrogens is 295 g/mol. The minimum absolute atomic E-state index is 0.132. The Hall–Kier alpha value is -2.41. The molecule has 24 heavy (non-hydrogen) atoms. The quantitative estimate of drug-likeness (QED) is 0.513. The maximum Gasteiger partial charge on any atom is 0.168 e. The zero-order chi connectivity index (χ0) is 16.1. The third kappa shape index (κ3) is 1.07. The number of benzene rings is 3. The van der Waals surface area contributed by atoms with Crippen LogP contribution in [-0.4, -0.2) is 0 Å². The smallest absolute Gasteiger partial charge is 0.168 e. The van der Waals surface area contributed by atoms with Gasteiger partial charge in [0.25, 0.3) is 0 Å². The maximum atomic E-state index is 17.0. The summed E-state index contributed by atoms with van der Waals surface area (Å²) in [7, 11) is 0. The lowest BCUT2D eigenvalue weighted by molar-refractivity contribution is 0.0613. The van der Waals surface area contributed by atoms with Gasteiger partial charge in [-0.3, -0.25) is 0 Å². The van der Waals surface area contributed by atoms with Crippen LogP contribution in [-0.2, 0) is 5.67 Å². The Balaban J connectivity index is 1.85. The van der Waals surface area contributed by atoms with Gasteiger partial charge in [-0.1, -0.05) is 79.7 Å². The van der Waals surface area contributed by atoms with Crippen molar-refractivity contribution < 1.29 is 4.39 Å². The van der Waals surface area contributed by atoms with E-state index in [1.54, 1.807) is 0 Å². The Kier molecular flexibility index (Phi) is 2.05. The van der Waals surface area contributed by atoms with Crippen molar-refractivity contribution in [2.24, 2.45) is 5.41 Å². The largest absolute Gasteiger partial charge is 0.233 e. The molecule has 0 radical (unpaired) electrons. The molecule has 116 valence electrons. The van der Waals surface area contributed by atoms with Crippen LogP contribution < -0.4 is 0 Å². The van der Waals surface area contributed by atoms with Crippen molar-refractivity contribution in [2.75, 3.05) is 0 Å². The van der Waals surface area contributed by atoms with E-state index in [-0.39, 0.29) is 11.8 Å². The van der Waals surface area contributed by atoms with Crippen molar-refractivity contribution in [1.29, 1.82) is 0 Å². The zero-order valence-electron chi connectivity index (χ0n) is 13.5. The summed E-state index contributed by atoms with van der Waals surface area (Å²) in [4.78, 5) is 0. The number of alkyl halides is 1. The highest BCUT2D eigenvalue weighted by Gasteiger charge is 2.73. The minimum atomic E-state index is -1.41. The fraction of sp³-hybridized carbons (Fsp3) is 0.217. The summed E-state index contributed by atoms with van der Waals surface area (Å²) >= 11 is 0. The van der Waals surface area contributed by atoms with E-state index in [0.29, 0.717) is 0 Å². The molecule has 0 saturated carbocycles. The second-order valence-corrected chi connectivity index (χ2v) is 7.61. The van der Waals surface area contributed by atoms with Gasteiger partial charge >= 0.3 is 0 Å². The van der Waals surface area contributed by atoms with Gasteiger partial charge in [-0.25, -0.2) is 4.39 Å². The fourth-order valence-corrected chi connectivity index (χ4v) is 6.08. The first-order valence-electron chi connectivity index (χ1n) is 8.65. The lowest BCUT2D eigenvalue weighted by Gasteiger charge is -2.36. The Morgan fingerprint density at radius 2 is 1.00 bits per heavy atom. The van der Waals surface area contributed by atoms with Gasteiger partial charge in [-0.05, 0) is 33.4 Å². The van der Waals surface area contributed by atoms with Crippen molar-refractivity contribution in [1.82, 2.24) is 0 Å². The average Bonchev–Trinajstić information content (AvgIpc) is 3.09. The predicted molar refractivity (Wildman–Crippen MR) is 93.0 cm³/mol. The molecule has 2 unspecified atom stereocenters. The number of fused-ring (bicyclic) bond motifs is 9. The number of hydrogen-bond donors (Lipinski definition) is 0. The van der Waals surface area contributed by atoms with E-state index in [1.807, 2.05) is 24.3 Å². The van der Waals surface area contributed by atoms with Crippen LogP contribution >= 0.6 is 0 Å². The van der Waals surface area contributed by atoms with Crippen molar-refractivity contribution in [3.63, 3.8) is 0 Å². The van der Waals surface area contributed by atoms with E-state index in [9.17, 15) is 0 Å². The predicted octanol–water partition coefficient (Wildman–Crippen LogP) is 5.51. The van der Waals surface area contributed by atoms with Crippen LogP contribution in [0, 0.1) is 5.41 Å². The molecule has 0 bridgehead atoms. The summed E-state index contributed by atoms with van der Waals surface area (Å²) in [5.74, 6) is 0.264. The summed E-state index contributed by atoms with van der Waals surface area (Å²) in [5, 5.41) is 0. The van der Waals surface area contributed by atoms with E-state index in [2.05, 4.69) is 55.5 Å². The van der Waals surface area contributed by atoms with Gasteiger partial charge in [0.05, 0.1) is 0 Å². The summed E-state index contributed by atoms with van der Waals surface area (Å²) in [6.07, 6.45) is 0. The van der Waals surface area contributed by atoms with E-state index in [1.165, 1.54) is 22.3 Å². The first-order valence-corrected chi connectivity index (χ1v) is 8.65. The second-order valence-electron chi connectivity index (χ2n) is 7.61. The summed E-state index contributed by atoms with van der Waals surface area (Å²) in [6.45, 7) is 2.17. The van der Waals surface area contributed by atoms with Gasteiger partial charge in [-0.2, -0.15) is 0 Å². The van der Waals surface area contributed by atoms with E-state index >= 15 is 4.39 Å². The molecule has 0 spiro atoms. The van der Waals surface area contributed by atoms with Gasteiger partial charge < -0.3 is 0 Å². The van der Waals surface area contributed by atoms with Crippen LogP contribution in [0.15, 0.2) is 72.8 Å². The fourth-order valence-electron chi connectivity index (χ4n) is 6.08. The molecule has 3 aromatic rings. The average molecular weight is 312 g/mol. The number of halogens is 1. The van der Waals surface area contributed by atoms with Crippen LogP contribution in [0.25, 0.3) is 0 Å². The highest BCUT2D eigenvalue weighted by molar-refractivity contribution is 5.69. The molecule has 3 aromatic carbocycles. The summed E-state index contributed by atoms with van der Waals surface area (Å²) < 4.78 is 17.0. The first kappa shape index (κ1) is 12.9. The van der Waals surface area contributed by atoms with Crippen molar-refractivity contribution in [2.45, 2.75) is 24.4 Å². The van der Waals surface area contributed by atoms with Crippen LogP contribution in [0.4, 0.5) is 4.39 Å². The molecule has 0 fully saturated rings. The Bertz CT molecular complexity index is 941. The molecule has 0 aliphatic heterocycles. The van der Waals surface area contributed by atoms with Crippen molar-refractivity contribution in [3.05, 3.63) is 106 Å². The molecule has 1 heteroatoms. The standard InChI is InChI=1S/C23H17F/c1-22-20-14-8-2-3-9-15(14)21(22)17-11-5-7-13-19(17)23(22,24)18-12-6-4-10-16(18)20/h2-13,20-21H,1H3. The lowest BCUT2D eigenvalue weighted by Crippen LogP contribution is -2.36. The first-order chi connectivity index (χ1) is 11.7.